The molecule has 0 saturated carbocycles. The number of hydrogen-bond donors (Lipinski definition) is 0. The molecule has 2 aliphatic rings. The first kappa shape index (κ1) is 15.0. The molecule has 0 radical (unpaired) electrons. The molecule has 3 heteroatoms. The molecule has 0 atom stereocenters. The van der Waals surface area contributed by atoms with Crippen LogP contribution in [0.1, 0.15) is 51.4 Å². The lowest BCUT2D eigenvalue weighted by Gasteiger charge is -2.28. The monoisotopic (exact) mass is 280 g/mol. The van der Waals surface area contributed by atoms with E-state index in [9.17, 15) is 0 Å². The number of rotatable bonds is 8. The van der Waals surface area contributed by atoms with Crippen LogP contribution in [-0.2, 0) is 8.85 Å². The fraction of sp³-hybridized carbons (Fsp3) is 0.750. The molecule has 0 saturated heterocycles. The summed E-state index contributed by atoms with van der Waals surface area (Å²) in [4.78, 5) is 0. The largest absolute Gasteiger partial charge is 0.398 e. The zero-order valence-corrected chi connectivity index (χ0v) is 13.5. The maximum atomic E-state index is 5.87. The van der Waals surface area contributed by atoms with Crippen molar-refractivity contribution in [3.8, 4) is 0 Å². The molecule has 0 unspecified atom stereocenters. The Balaban J connectivity index is 1.84. The van der Waals surface area contributed by atoms with Crippen LogP contribution in [0.4, 0.5) is 0 Å². The van der Waals surface area contributed by atoms with E-state index in [0.29, 0.717) is 0 Å². The van der Waals surface area contributed by atoms with Gasteiger partial charge in [0, 0.05) is 14.2 Å². The molecule has 19 heavy (non-hydrogen) atoms. The van der Waals surface area contributed by atoms with Crippen molar-refractivity contribution in [1.82, 2.24) is 0 Å². The summed E-state index contributed by atoms with van der Waals surface area (Å²) in [6.45, 7) is 0. The molecule has 0 heterocycles. The van der Waals surface area contributed by atoms with Gasteiger partial charge in [0.05, 0.1) is 0 Å². The molecule has 2 rings (SSSR count). The molecular weight excluding hydrogens is 252 g/mol. The molecule has 2 aliphatic carbocycles. The average Bonchev–Trinajstić information content (AvgIpc) is 3.13. The molecule has 0 fully saturated rings. The van der Waals surface area contributed by atoms with Gasteiger partial charge < -0.3 is 8.85 Å². The van der Waals surface area contributed by atoms with Crippen molar-refractivity contribution in [1.29, 1.82) is 0 Å². The lowest BCUT2D eigenvalue weighted by atomic mass is 10.2. The summed E-state index contributed by atoms with van der Waals surface area (Å²) in [5, 5.41) is 0. The van der Waals surface area contributed by atoms with Crippen LogP contribution < -0.4 is 0 Å². The van der Waals surface area contributed by atoms with Crippen molar-refractivity contribution in [2.75, 3.05) is 14.2 Å². The molecule has 0 spiro atoms. The second-order valence-electron chi connectivity index (χ2n) is 5.83. The van der Waals surface area contributed by atoms with Gasteiger partial charge in [0.25, 0.3) is 0 Å². The van der Waals surface area contributed by atoms with Gasteiger partial charge in [-0.1, -0.05) is 23.3 Å². The molecule has 0 N–H and O–H groups in total. The van der Waals surface area contributed by atoms with Gasteiger partial charge >= 0.3 is 8.56 Å². The fourth-order valence-corrected chi connectivity index (χ4v) is 5.88. The molecule has 0 amide bonds. The van der Waals surface area contributed by atoms with Crippen molar-refractivity contribution in [3.63, 3.8) is 0 Å². The second-order valence-corrected chi connectivity index (χ2v) is 9.47. The van der Waals surface area contributed by atoms with E-state index >= 15 is 0 Å². The van der Waals surface area contributed by atoms with E-state index in [1.807, 2.05) is 14.2 Å². The summed E-state index contributed by atoms with van der Waals surface area (Å²) in [6.07, 6.45) is 15.0. The van der Waals surface area contributed by atoms with Crippen LogP contribution in [0.3, 0.4) is 0 Å². The average molecular weight is 280 g/mol. The maximum Gasteiger partial charge on any atom is 0.338 e. The summed E-state index contributed by atoms with van der Waals surface area (Å²) >= 11 is 0. The van der Waals surface area contributed by atoms with Gasteiger partial charge in [0.2, 0.25) is 0 Å². The van der Waals surface area contributed by atoms with Crippen LogP contribution in [0.5, 0.6) is 0 Å². The number of hydrogen-bond acceptors (Lipinski definition) is 2. The Labute approximate surface area is 119 Å². The van der Waals surface area contributed by atoms with E-state index in [0.717, 1.165) is 12.1 Å². The van der Waals surface area contributed by atoms with E-state index in [-0.39, 0.29) is 0 Å². The fourth-order valence-electron chi connectivity index (χ4n) is 3.25. The second kappa shape index (κ2) is 7.41. The van der Waals surface area contributed by atoms with Crippen molar-refractivity contribution in [3.05, 3.63) is 23.3 Å². The van der Waals surface area contributed by atoms with Crippen LogP contribution in [0.15, 0.2) is 23.3 Å². The lowest BCUT2D eigenvalue weighted by Crippen LogP contribution is -2.39. The summed E-state index contributed by atoms with van der Waals surface area (Å²) in [5.74, 6) is 0. The molecule has 2 nitrogen and oxygen atoms in total. The third-order valence-corrected chi connectivity index (χ3v) is 8.18. The minimum Gasteiger partial charge on any atom is -0.398 e. The van der Waals surface area contributed by atoms with Crippen molar-refractivity contribution >= 4 is 8.56 Å². The Morgan fingerprint density at radius 1 is 0.895 bits per heavy atom. The summed E-state index contributed by atoms with van der Waals surface area (Å²) < 4.78 is 11.7. The van der Waals surface area contributed by atoms with E-state index < -0.39 is 8.56 Å². The van der Waals surface area contributed by atoms with Gasteiger partial charge in [-0.3, -0.25) is 0 Å². The molecular formula is C16H28O2Si. The zero-order chi connectivity index (χ0) is 13.6. The molecule has 0 aliphatic heterocycles. The smallest absolute Gasteiger partial charge is 0.338 e. The van der Waals surface area contributed by atoms with Crippen LogP contribution in [-0.4, -0.2) is 22.8 Å². The van der Waals surface area contributed by atoms with Gasteiger partial charge in [0.1, 0.15) is 0 Å². The highest BCUT2D eigenvalue weighted by molar-refractivity contribution is 6.67. The van der Waals surface area contributed by atoms with Crippen LogP contribution in [0, 0.1) is 0 Å². The Morgan fingerprint density at radius 3 is 1.68 bits per heavy atom. The van der Waals surface area contributed by atoms with Gasteiger partial charge in [0.15, 0.2) is 0 Å². The molecule has 0 aromatic carbocycles. The van der Waals surface area contributed by atoms with Crippen molar-refractivity contribution in [2.45, 2.75) is 63.5 Å². The minimum atomic E-state index is -1.96. The Hall–Kier alpha value is -0.383. The highest BCUT2D eigenvalue weighted by Crippen LogP contribution is 2.31. The van der Waals surface area contributed by atoms with Gasteiger partial charge in [-0.2, -0.15) is 0 Å². The van der Waals surface area contributed by atoms with E-state index in [2.05, 4.69) is 12.2 Å². The van der Waals surface area contributed by atoms with E-state index in [1.54, 1.807) is 11.1 Å². The maximum absolute atomic E-state index is 5.87. The predicted octanol–water partition coefficient (Wildman–Crippen LogP) is 4.72. The third-order valence-electron chi connectivity index (χ3n) is 4.67. The normalized spacial score (nSPS) is 19.7. The van der Waals surface area contributed by atoms with E-state index in [1.165, 1.54) is 51.4 Å². The first-order chi connectivity index (χ1) is 9.28. The molecule has 0 aromatic rings. The Bertz CT molecular complexity index is 313. The lowest BCUT2D eigenvalue weighted by molar-refractivity contribution is 0.241. The summed E-state index contributed by atoms with van der Waals surface area (Å²) in [7, 11) is 1.74. The van der Waals surface area contributed by atoms with Gasteiger partial charge in [-0.15, -0.1) is 0 Å². The quantitative estimate of drug-likeness (QED) is 0.473. The Morgan fingerprint density at radius 2 is 1.37 bits per heavy atom. The van der Waals surface area contributed by atoms with Crippen molar-refractivity contribution < 1.29 is 8.85 Å². The van der Waals surface area contributed by atoms with Crippen LogP contribution in [0.25, 0.3) is 0 Å². The first-order valence-electron chi connectivity index (χ1n) is 7.74. The zero-order valence-electron chi connectivity index (χ0n) is 12.5. The molecule has 108 valence electrons. The highest BCUT2D eigenvalue weighted by Gasteiger charge is 2.35. The first-order valence-corrected chi connectivity index (χ1v) is 9.97. The minimum absolute atomic E-state index is 1.12. The topological polar surface area (TPSA) is 18.5 Å². The van der Waals surface area contributed by atoms with E-state index in [4.69, 9.17) is 8.85 Å². The number of allylic oxidation sites excluding steroid dienone is 4. The third kappa shape index (κ3) is 4.30. The molecule has 0 aromatic heterocycles. The summed E-state index contributed by atoms with van der Waals surface area (Å²) in [6, 6.07) is 2.25. The molecule has 0 bridgehead atoms. The Kier molecular flexibility index (Phi) is 5.86. The predicted molar refractivity (Wildman–Crippen MR) is 82.5 cm³/mol. The van der Waals surface area contributed by atoms with Gasteiger partial charge in [-0.25, -0.2) is 0 Å². The van der Waals surface area contributed by atoms with Crippen molar-refractivity contribution in [2.24, 2.45) is 0 Å². The highest BCUT2D eigenvalue weighted by atomic mass is 28.4. The summed E-state index contributed by atoms with van der Waals surface area (Å²) in [5.41, 5.74) is 3.26. The SMILES string of the molecule is CO[Si](CCC1=CCCC1)(CCC1=CCCC1)OC. The van der Waals surface area contributed by atoms with Gasteiger partial charge in [-0.05, 0) is 63.5 Å². The standard InChI is InChI=1S/C16H28O2Si/c1-17-19(18-2,13-11-15-7-3-4-8-15)14-12-16-9-5-6-10-16/h7,9H,3-6,8,10-14H2,1-2H3. The van der Waals surface area contributed by atoms with Crippen LogP contribution >= 0.6 is 0 Å². The van der Waals surface area contributed by atoms with Crippen LogP contribution in [0.2, 0.25) is 12.1 Å².